The van der Waals surface area contributed by atoms with E-state index in [1.807, 2.05) is 30.3 Å². The molecule has 3 rings (SSSR count). The second-order valence-corrected chi connectivity index (χ2v) is 5.86. The van der Waals surface area contributed by atoms with Crippen LogP contribution in [-0.2, 0) is 11.4 Å². The molecule has 0 bridgehead atoms. The van der Waals surface area contributed by atoms with Gasteiger partial charge in [-0.15, -0.1) is 0 Å². The predicted molar refractivity (Wildman–Crippen MR) is 89.7 cm³/mol. The smallest absolute Gasteiger partial charge is 0.274 e. The highest BCUT2D eigenvalue weighted by molar-refractivity contribution is 5.98. The van der Waals surface area contributed by atoms with Crippen LogP contribution >= 0.6 is 0 Å². The van der Waals surface area contributed by atoms with Crippen molar-refractivity contribution in [3.05, 3.63) is 59.9 Å². The van der Waals surface area contributed by atoms with Crippen LogP contribution in [0.5, 0.6) is 5.75 Å². The van der Waals surface area contributed by atoms with E-state index in [9.17, 15) is 9.59 Å². The van der Waals surface area contributed by atoms with Crippen LogP contribution < -0.4 is 10.1 Å². The molecule has 1 heterocycles. The lowest BCUT2D eigenvalue weighted by Crippen LogP contribution is -2.42. The summed E-state index contributed by atoms with van der Waals surface area (Å²) in [4.78, 5) is 28.5. The van der Waals surface area contributed by atoms with Crippen LogP contribution in [0, 0.1) is 0 Å². The Kier molecular flexibility index (Phi) is 5.21. The molecule has 1 atom stereocenters. The van der Waals surface area contributed by atoms with Gasteiger partial charge in [-0.3, -0.25) is 9.59 Å². The molecule has 24 heavy (non-hydrogen) atoms. The highest BCUT2D eigenvalue weighted by Gasteiger charge is 2.25. The van der Waals surface area contributed by atoms with Crippen molar-refractivity contribution in [2.45, 2.75) is 38.3 Å². The molecular formula is C19H20N2O3. The van der Waals surface area contributed by atoms with Crippen molar-refractivity contribution in [2.24, 2.45) is 0 Å². The number of aromatic nitrogens is 1. The van der Waals surface area contributed by atoms with Crippen LogP contribution in [0.15, 0.2) is 48.7 Å². The Bertz CT molecular complexity index is 716. The van der Waals surface area contributed by atoms with Crippen molar-refractivity contribution in [3.8, 4) is 5.75 Å². The lowest BCUT2D eigenvalue weighted by atomic mass is 9.94. The standard InChI is InChI=1S/C19H20N2O3/c22-16-10-5-4-9-15(16)21-19(23)18-17(11-6-12-20-18)24-13-14-7-2-1-3-8-14/h1-3,6-8,11-12,15H,4-5,9-10,13H2,(H,21,23). The van der Waals surface area contributed by atoms with Crippen molar-refractivity contribution in [1.29, 1.82) is 0 Å². The van der Waals surface area contributed by atoms with Crippen LogP contribution in [-0.4, -0.2) is 22.7 Å². The van der Waals surface area contributed by atoms with Crippen molar-refractivity contribution in [3.63, 3.8) is 0 Å². The Morgan fingerprint density at radius 2 is 2.00 bits per heavy atom. The van der Waals surface area contributed by atoms with Gasteiger partial charge >= 0.3 is 0 Å². The molecule has 1 aliphatic rings. The van der Waals surface area contributed by atoms with Crippen LogP contribution in [0.25, 0.3) is 0 Å². The van der Waals surface area contributed by atoms with Gasteiger partial charge in [0.05, 0.1) is 6.04 Å². The number of pyridine rings is 1. The fourth-order valence-corrected chi connectivity index (χ4v) is 2.78. The molecule has 1 N–H and O–H groups in total. The molecule has 0 aliphatic heterocycles. The van der Waals surface area contributed by atoms with E-state index in [-0.39, 0.29) is 17.4 Å². The Labute approximate surface area is 141 Å². The van der Waals surface area contributed by atoms with Crippen LogP contribution in [0.1, 0.15) is 41.7 Å². The lowest BCUT2D eigenvalue weighted by molar-refractivity contribution is -0.122. The molecule has 1 aromatic carbocycles. The maximum atomic E-state index is 12.5. The third-order valence-electron chi connectivity index (χ3n) is 4.08. The normalized spacial score (nSPS) is 17.3. The molecule has 1 fully saturated rings. The maximum Gasteiger partial charge on any atom is 0.274 e. The number of ketones is 1. The number of carbonyl (C=O) groups is 2. The summed E-state index contributed by atoms with van der Waals surface area (Å²) < 4.78 is 5.75. The fraction of sp³-hybridized carbons (Fsp3) is 0.316. The number of ether oxygens (including phenoxy) is 1. The molecule has 0 saturated heterocycles. The van der Waals surface area contributed by atoms with Crippen LogP contribution in [0.4, 0.5) is 0 Å². The van der Waals surface area contributed by atoms with E-state index in [2.05, 4.69) is 10.3 Å². The molecule has 1 aliphatic carbocycles. The number of carbonyl (C=O) groups excluding carboxylic acids is 2. The Balaban J connectivity index is 1.68. The van der Waals surface area contributed by atoms with E-state index >= 15 is 0 Å². The van der Waals surface area contributed by atoms with E-state index in [0.29, 0.717) is 25.2 Å². The molecule has 1 saturated carbocycles. The summed E-state index contributed by atoms with van der Waals surface area (Å²) in [6.45, 7) is 0.356. The van der Waals surface area contributed by atoms with Crippen LogP contribution in [0.2, 0.25) is 0 Å². The highest BCUT2D eigenvalue weighted by Crippen LogP contribution is 2.19. The number of benzene rings is 1. The van der Waals surface area contributed by atoms with Gasteiger partial charge in [0.15, 0.2) is 17.2 Å². The van der Waals surface area contributed by atoms with Gasteiger partial charge < -0.3 is 10.1 Å². The van der Waals surface area contributed by atoms with Gasteiger partial charge in [-0.05, 0) is 30.5 Å². The summed E-state index contributed by atoms with van der Waals surface area (Å²) in [5.74, 6) is 0.151. The van der Waals surface area contributed by atoms with Gasteiger partial charge in [-0.2, -0.15) is 0 Å². The van der Waals surface area contributed by atoms with Crippen molar-refractivity contribution >= 4 is 11.7 Å². The molecule has 124 valence electrons. The Hall–Kier alpha value is -2.69. The number of Topliss-reactive ketones (excluding diaryl/α,β-unsaturated/α-hetero) is 1. The number of amides is 1. The van der Waals surface area contributed by atoms with E-state index < -0.39 is 6.04 Å². The topological polar surface area (TPSA) is 68.3 Å². The van der Waals surface area contributed by atoms with E-state index in [1.54, 1.807) is 18.3 Å². The molecule has 0 spiro atoms. The summed E-state index contributed by atoms with van der Waals surface area (Å²) in [6.07, 6.45) is 4.63. The third-order valence-corrected chi connectivity index (χ3v) is 4.08. The Morgan fingerprint density at radius 3 is 2.79 bits per heavy atom. The van der Waals surface area contributed by atoms with Crippen molar-refractivity contribution < 1.29 is 14.3 Å². The summed E-state index contributed by atoms with van der Waals surface area (Å²) in [5, 5.41) is 2.79. The van der Waals surface area contributed by atoms with Crippen molar-refractivity contribution in [2.75, 3.05) is 0 Å². The molecule has 5 nitrogen and oxygen atoms in total. The largest absolute Gasteiger partial charge is 0.486 e. The number of nitrogens with one attached hydrogen (secondary N) is 1. The van der Waals surface area contributed by atoms with Gasteiger partial charge in [0.1, 0.15) is 6.61 Å². The first-order chi connectivity index (χ1) is 11.7. The van der Waals surface area contributed by atoms with Gasteiger partial charge in [0.25, 0.3) is 5.91 Å². The fourth-order valence-electron chi connectivity index (χ4n) is 2.78. The summed E-state index contributed by atoms with van der Waals surface area (Å²) in [7, 11) is 0. The van der Waals surface area contributed by atoms with E-state index in [0.717, 1.165) is 18.4 Å². The minimum atomic E-state index is -0.407. The van der Waals surface area contributed by atoms with Gasteiger partial charge in [-0.25, -0.2) is 4.98 Å². The average molecular weight is 324 g/mol. The SMILES string of the molecule is O=C(NC1CCCCC1=O)c1ncccc1OCc1ccccc1. The lowest BCUT2D eigenvalue weighted by Gasteiger charge is -2.21. The average Bonchev–Trinajstić information content (AvgIpc) is 2.63. The molecule has 1 aromatic heterocycles. The summed E-state index contributed by atoms with van der Waals surface area (Å²) >= 11 is 0. The van der Waals surface area contributed by atoms with Gasteiger partial charge in [0, 0.05) is 12.6 Å². The molecular weight excluding hydrogens is 304 g/mol. The maximum absolute atomic E-state index is 12.5. The monoisotopic (exact) mass is 324 g/mol. The minimum Gasteiger partial charge on any atom is -0.486 e. The van der Waals surface area contributed by atoms with Gasteiger partial charge in [-0.1, -0.05) is 36.8 Å². The minimum absolute atomic E-state index is 0.0947. The first kappa shape index (κ1) is 16.2. The third kappa shape index (κ3) is 3.98. The van der Waals surface area contributed by atoms with E-state index in [1.165, 1.54) is 0 Å². The number of nitrogens with zero attached hydrogens (tertiary/aromatic N) is 1. The first-order valence-corrected chi connectivity index (χ1v) is 8.19. The first-order valence-electron chi connectivity index (χ1n) is 8.19. The second-order valence-electron chi connectivity index (χ2n) is 5.86. The highest BCUT2D eigenvalue weighted by atomic mass is 16.5. The Morgan fingerprint density at radius 1 is 1.17 bits per heavy atom. The second kappa shape index (κ2) is 7.73. The molecule has 1 unspecified atom stereocenters. The van der Waals surface area contributed by atoms with Crippen LogP contribution in [0.3, 0.4) is 0 Å². The zero-order valence-corrected chi connectivity index (χ0v) is 13.4. The zero-order valence-electron chi connectivity index (χ0n) is 13.4. The zero-order chi connectivity index (χ0) is 16.8. The van der Waals surface area contributed by atoms with E-state index in [4.69, 9.17) is 4.74 Å². The number of hydrogen-bond acceptors (Lipinski definition) is 4. The number of hydrogen-bond donors (Lipinski definition) is 1. The molecule has 1 amide bonds. The number of rotatable bonds is 5. The summed E-state index contributed by atoms with van der Waals surface area (Å²) in [5.41, 5.74) is 1.22. The predicted octanol–water partition coefficient (Wildman–Crippen LogP) is 2.90. The molecule has 0 radical (unpaired) electrons. The molecule has 2 aromatic rings. The quantitative estimate of drug-likeness (QED) is 0.918. The van der Waals surface area contributed by atoms with Gasteiger partial charge in [0.2, 0.25) is 0 Å². The molecule has 5 heteroatoms. The van der Waals surface area contributed by atoms with Crippen molar-refractivity contribution in [1.82, 2.24) is 10.3 Å². The summed E-state index contributed by atoms with van der Waals surface area (Å²) in [6, 6.07) is 12.8.